The Morgan fingerprint density at radius 3 is 2.61 bits per heavy atom. The first-order valence-corrected chi connectivity index (χ1v) is 9.21. The molecule has 0 unspecified atom stereocenters. The molecule has 1 aliphatic rings. The lowest BCUT2D eigenvalue weighted by atomic mass is 9.89. The summed E-state index contributed by atoms with van der Waals surface area (Å²) in [6, 6.07) is 0. The number of aliphatic carboxylic acids is 1. The molecule has 130 valence electrons. The lowest BCUT2D eigenvalue weighted by Gasteiger charge is -2.14. The predicted octanol–water partition coefficient (Wildman–Crippen LogP) is 5.31. The summed E-state index contributed by atoms with van der Waals surface area (Å²) in [5, 5.41) is 8.61. The van der Waals surface area contributed by atoms with Crippen LogP contribution in [0.4, 0.5) is 0 Å². The maximum Gasteiger partial charge on any atom is 0.303 e. The van der Waals surface area contributed by atoms with E-state index in [0.717, 1.165) is 64.2 Å². The molecular formula is C20H32O3. The number of carboxylic acids is 1. The minimum absolute atomic E-state index is 0.205. The molecule has 0 heterocycles. The Bertz CT molecular complexity index is 409. The van der Waals surface area contributed by atoms with E-state index < -0.39 is 5.97 Å². The zero-order valence-corrected chi connectivity index (χ0v) is 14.5. The Balaban J connectivity index is 2.23. The van der Waals surface area contributed by atoms with Crippen molar-refractivity contribution in [3.63, 3.8) is 0 Å². The van der Waals surface area contributed by atoms with Gasteiger partial charge in [-0.1, -0.05) is 50.5 Å². The first kappa shape index (κ1) is 19.7. The quantitative estimate of drug-likeness (QED) is 0.391. The summed E-state index contributed by atoms with van der Waals surface area (Å²) in [7, 11) is 0. The molecule has 0 aromatic carbocycles. The smallest absolute Gasteiger partial charge is 0.303 e. The molecule has 0 amide bonds. The Morgan fingerprint density at radius 2 is 1.87 bits per heavy atom. The standard InChI is InChI=1S/C20H32O3/c1-2-3-4-5-6-9-12-17-15-16-19(21)18(17)13-10-7-8-11-14-20(22)23/h3-4,9,12,17-18H,2,5-8,10-11,13-16H2,1H3,(H,22,23)/b4-3-,12-9+/t17-,18+/m0/s1. The average molecular weight is 320 g/mol. The summed E-state index contributed by atoms with van der Waals surface area (Å²) in [6.07, 6.45) is 18.9. The number of allylic oxidation sites excluding steroid dienone is 4. The van der Waals surface area contributed by atoms with Crippen LogP contribution in [-0.4, -0.2) is 16.9 Å². The van der Waals surface area contributed by atoms with Crippen molar-refractivity contribution in [1.29, 1.82) is 0 Å². The highest BCUT2D eigenvalue weighted by Crippen LogP contribution is 2.33. The van der Waals surface area contributed by atoms with Gasteiger partial charge < -0.3 is 5.11 Å². The summed E-state index contributed by atoms with van der Waals surface area (Å²) in [4.78, 5) is 22.5. The van der Waals surface area contributed by atoms with Crippen LogP contribution in [0.15, 0.2) is 24.3 Å². The second kappa shape index (κ2) is 12.1. The first-order chi connectivity index (χ1) is 11.1. The number of carboxylic acid groups (broad SMARTS) is 1. The van der Waals surface area contributed by atoms with Crippen molar-refractivity contribution < 1.29 is 14.7 Å². The van der Waals surface area contributed by atoms with Crippen molar-refractivity contribution in [2.45, 2.75) is 77.6 Å². The largest absolute Gasteiger partial charge is 0.481 e. The number of rotatable bonds is 12. The third-order valence-electron chi connectivity index (χ3n) is 4.60. The zero-order chi connectivity index (χ0) is 16.9. The molecule has 1 rings (SSSR count). The molecule has 0 aromatic rings. The molecule has 3 heteroatoms. The highest BCUT2D eigenvalue weighted by molar-refractivity contribution is 5.83. The number of carbonyl (C=O) groups is 2. The molecule has 0 radical (unpaired) electrons. The van der Waals surface area contributed by atoms with Crippen LogP contribution in [0.25, 0.3) is 0 Å². The van der Waals surface area contributed by atoms with Crippen LogP contribution in [0.3, 0.4) is 0 Å². The van der Waals surface area contributed by atoms with Gasteiger partial charge >= 0.3 is 5.97 Å². The van der Waals surface area contributed by atoms with Gasteiger partial charge in [-0.15, -0.1) is 0 Å². The number of unbranched alkanes of at least 4 members (excludes halogenated alkanes) is 4. The fourth-order valence-corrected chi connectivity index (χ4v) is 3.28. The van der Waals surface area contributed by atoms with Crippen molar-refractivity contribution in [2.75, 3.05) is 0 Å². The van der Waals surface area contributed by atoms with E-state index in [1.807, 2.05) is 0 Å². The van der Waals surface area contributed by atoms with E-state index in [1.54, 1.807) is 0 Å². The highest BCUT2D eigenvalue weighted by atomic mass is 16.4. The summed E-state index contributed by atoms with van der Waals surface area (Å²) in [5.41, 5.74) is 0. The van der Waals surface area contributed by atoms with Crippen molar-refractivity contribution in [3.8, 4) is 0 Å². The molecule has 1 saturated carbocycles. The molecule has 1 aliphatic carbocycles. The van der Waals surface area contributed by atoms with E-state index in [9.17, 15) is 9.59 Å². The molecule has 23 heavy (non-hydrogen) atoms. The SMILES string of the molecule is CC/C=C\CC/C=C/[C@H]1CCC(=O)[C@@H]1CCCCCCC(=O)O. The fraction of sp³-hybridized carbons (Fsp3) is 0.700. The van der Waals surface area contributed by atoms with Crippen molar-refractivity contribution in [2.24, 2.45) is 11.8 Å². The van der Waals surface area contributed by atoms with Crippen LogP contribution in [0, 0.1) is 11.8 Å². The molecular weight excluding hydrogens is 288 g/mol. The van der Waals surface area contributed by atoms with E-state index in [1.165, 1.54) is 0 Å². The molecule has 0 bridgehead atoms. The van der Waals surface area contributed by atoms with Crippen molar-refractivity contribution in [3.05, 3.63) is 24.3 Å². The summed E-state index contributed by atoms with van der Waals surface area (Å²) in [5.74, 6) is 0.347. The predicted molar refractivity (Wildman–Crippen MR) is 94.4 cm³/mol. The number of hydrogen-bond acceptors (Lipinski definition) is 2. The Labute approximate surface area is 140 Å². The van der Waals surface area contributed by atoms with E-state index in [-0.39, 0.29) is 12.3 Å². The van der Waals surface area contributed by atoms with Gasteiger partial charge in [-0.25, -0.2) is 0 Å². The summed E-state index contributed by atoms with van der Waals surface area (Å²) in [6.45, 7) is 2.14. The van der Waals surface area contributed by atoms with E-state index in [0.29, 0.717) is 11.7 Å². The highest BCUT2D eigenvalue weighted by Gasteiger charge is 2.31. The summed E-state index contributed by atoms with van der Waals surface area (Å²) < 4.78 is 0. The van der Waals surface area contributed by atoms with Crippen LogP contribution in [-0.2, 0) is 9.59 Å². The number of carbonyl (C=O) groups excluding carboxylic acids is 1. The van der Waals surface area contributed by atoms with E-state index in [4.69, 9.17) is 5.11 Å². The second-order valence-electron chi connectivity index (χ2n) is 6.51. The molecule has 0 saturated heterocycles. The molecule has 2 atom stereocenters. The molecule has 0 aliphatic heterocycles. The monoisotopic (exact) mass is 320 g/mol. The van der Waals surface area contributed by atoms with Crippen LogP contribution in [0.5, 0.6) is 0 Å². The van der Waals surface area contributed by atoms with Crippen LogP contribution < -0.4 is 0 Å². The van der Waals surface area contributed by atoms with Gasteiger partial charge in [0.05, 0.1) is 0 Å². The first-order valence-electron chi connectivity index (χ1n) is 9.21. The van der Waals surface area contributed by atoms with Crippen LogP contribution >= 0.6 is 0 Å². The van der Waals surface area contributed by atoms with Gasteiger partial charge in [-0.2, -0.15) is 0 Å². The Kier molecular flexibility index (Phi) is 10.3. The minimum atomic E-state index is -0.713. The van der Waals surface area contributed by atoms with Gasteiger partial charge in [0.1, 0.15) is 5.78 Å². The Morgan fingerprint density at radius 1 is 1.13 bits per heavy atom. The molecule has 3 nitrogen and oxygen atoms in total. The topological polar surface area (TPSA) is 54.4 Å². The average Bonchev–Trinajstić information content (AvgIpc) is 2.86. The summed E-state index contributed by atoms with van der Waals surface area (Å²) >= 11 is 0. The third kappa shape index (κ3) is 8.73. The second-order valence-corrected chi connectivity index (χ2v) is 6.51. The zero-order valence-electron chi connectivity index (χ0n) is 14.5. The molecule has 1 fully saturated rings. The van der Waals surface area contributed by atoms with Crippen molar-refractivity contribution in [1.82, 2.24) is 0 Å². The normalized spacial score (nSPS) is 21.7. The van der Waals surface area contributed by atoms with Crippen LogP contribution in [0.2, 0.25) is 0 Å². The van der Waals surface area contributed by atoms with Crippen LogP contribution in [0.1, 0.15) is 77.6 Å². The number of ketones is 1. The lowest BCUT2D eigenvalue weighted by molar-refractivity contribution is -0.137. The third-order valence-corrected chi connectivity index (χ3v) is 4.60. The van der Waals surface area contributed by atoms with E-state index in [2.05, 4.69) is 31.2 Å². The van der Waals surface area contributed by atoms with E-state index >= 15 is 0 Å². The maximum absolute atomic E-state index is 12.0. The van der Waals surface area contributed by atoms with Crippen molar-refractivity contribution >= 4 is 11.8 Å². The Hall–Kier alpha value is -1.38. The fourth-order valence-electron chi connectivity index (χ4n) is 3.28. The van der Waals surface area contributed by atoms with Gasteiger partial charge in [-0.05, 0) is 44.4 Å². The molecule has 0 spiro atoms. The number of hydrogen-bond donors (Lipinski definition) is 1. The maximum atomic E-state index is 12.0. The van der Waals surface area contributed by atoms with Gasteiger partial charge in [0.25, 0.3) is 0 Å². The van der Waals surface area contributed by atoms with Gasteiger partial charge in [-0.3, -0.25) is 9.59 Å². The van der Waals surface area contributed by atoms with Gasteiger partial charge in [0.15, 0.2) is 0 Å². The van der Waals surface area contributed by atoms with Gasteiger partial charge in [0, 0.05) is 18.8 Å². The minimum Gasteiger partial charge on any atom is -0.481 e. The molecule has 0 aromatic heterocycles. The molecule has 1 N–H and O–H groups in total. The number of Topliss-reactive ketones (excluding diaryl/α,β-unsaturated/α-hetero) is 1. The van der Waals surface area contributed by atoms with Gasteiger partial charge in [0.2, 0.25) is 0 Å². The lowest BCUT2D eigenvalue weighted by Crippen LogP contribution is -2.13.